The average molecular weight is 324 g/mol. The van der Waals surface area contributed by atoms with Crippen LogP contribution in [0.25, 0.3) is 5.70 Å². The van der Waals surface area contributed by atoms with Crippen LogP contribution in [-0.4, -0.2) is 16.7 Å². The normalized spacial score (nSPS) is 13.7. The maximum Gasteiger partial charge on any atom is 0.233 e. The minimum absolute atomic E-state index is 0.425. The molecule has 1 aromatic carbocycles. The SMILES string of the molecule is CCCCCc1noc(C)c1NC1=CC(=O)C(=O)c2ccccc21. The van der Waals surface area contributed by atoms with E-state index < -0.39 is 11.6 Å². The lowest BCUT2D eigenvalue weighted by atomic mass is 9.92. The van der Waals surface area contributed by atoms with E-state index in [2.05, 4.69) is 17.4 Å². The number of carbonyl (C=O) groups excluding carboxylic acids is 2. The number of carbonyl (C=O) groups is 2. The van der Waals surface area contributed by atoms with Gasteiger partial charge < -0.3 is 9.84 Å². The molecule has 0 amide bonds. The third kappa shape index (κ3) is 3.02. The lowest BCUT2D eigenvalue weighted by Gasteiger charge is -2.17. The second-order valence-corrected chi connectivity index (χ2v) is 5.94. The van der Waals surface area contributed by atoms with Gasteiger partial charge in [-0.2, -0.15) is 0 Å². The van der Waals surface area contributed by atoms with Crippen molar-refractivity contribution >= 4 is 23.0 Å². The third-order valence-corrected chi connectivity index (χ3v) is 4.17. The Balaban J connectivity index is 1.91. The van der Waals surface area contributed by atoms with Gasteiger partial charge in [-0.05, 0) is 19.8 Å². The molecule has 0 atom stereocenters. The van der Waals surface area contributed by atoms with Crippen molar-refractivity contribution in [3.8, 4) is 0 Å². The van der Waals surface area contributed by atoms with Crippen molar-refractivity contribution in [3.05, 3.63) is 52.9 Å². The Bertz CT molecular complexity index is 818. The lowest BCUT2D eigenvalue weighted by molar-refractivity contribution is -0.111. The van der Waals surface area contributed by atoms with Crippen LogP contribution in [0.1, 0.15) is 53.6 Å². The van der Waals surface area contributed by atoms with Crippen molar-refractivity contribution in [1.82, 2.24) is 5.16 Å². The predicted octanol–water partition coefficient (Wildman–Crippen LogP) is 3.93. The molecule has 124 valence electrons. The molecule has 0 fully saturated rings. The zero-order valence-corrected chi connectivity index (χ0v) is 13.9. The summed E-state index contributed by atoms with van der Waals surface area (Å²) in [4.78, 5) is 24.0. The highest BCUT2D eigenvalue weighted by Crippen LogP contribution is 2.30. The predicted molar refractivity (Wildman–Crippen MR) is 91.8 cm³/mol. The van der Waals surface area contributed by atoms with Crippen LogP contribution in [-0.2, 0) is 11.2 Å². The van der Waals surface area contributed by atoms with Gasteiger partial charge >= 0.3 is 0 Å². The standard InChI is InChI=1S/C19H20N2O3/c1-3-4-5-10-15-18(12(2)24-21-15)20-16-11-17(22)19(23)14-9-7-6-8-13(14)16/h6-9,11,20H,3-5,10H2,1-2H3. The molecule has 0 unspecified atom stereocenters. The number of unbranched alkanes of at least 4 members (excludes halogenated alkanes) is 2. The van der Waals surface area contributed by atoms with Crippen LogP contribution in [0.2, 0.25) is 0 Å². The van der Waals surface area contributed by atoms with E-state index in [0.29, 0.717) is 17.0 Å². The molecular weight excluding hydrogens is 304 g/mol. The second-order valence-electron chi connectivity index (χ2n) is 5.94. The van der Waals surface area contributed by atoms with Gasteiger partial charge in [0.25, 0.3) is 0 Å². The molecule has 1 aliphatic carbocycles. The Kier molecular flexibility index (Phi) is 4.60. The van der Waals surface area contributed by atoms with Crippen LogP contribution in [0, 0.1) is 6.92 Å². The fourth-order valence-electron chi connectivity index (χ4n) is 2.85. The third-order valence-electron chi connectivity index (χ3n) is 4.17. The first-order valence-electron chi connectivity index (χ1n) is 8.23. The number of ketones is 2. The van der Waals surface area contributed by atoms with Crippen LogP contribution in [0.15, 0.2) is 34.9 Å². The molecule has 2 aromatic rings. The number of rotatable bonds is 6. The summed E-state index contributed by atoms with van der Waals surface area (Å²) >= 11 is 0. The Morgan fingerprint density at radius 3 is 2.62 bits per heavy atom. The van der Waals surface area contributed by atoms with Crippen LogP contribution >= 0.6 is 0 Å². The van der Waals surface area contributed by atoms with Crippen LogP contribution in [0.5, 0.6) is 0 Å². The number of hydrogen-bond acceptors (Lipinski definition) is 5. The maximum atomic E-state index is 12.0. The largest absolute Gasteiger partial charge is 0.359 e. The summed E-state index contributed by atoms with van der Waals surface area (Å²) in [6.07, 6.45) is 5.46. The number of anilines is 1. The Labute approximate surface area is 140 Å². The molecule has 5 nitrogen and oxygen atoms in total. The number of allylic oxidation sites excluding steroid dienone is 1. The Morgan fingerprint density at radius 2 is 1.88 bits per heavy atom. The van der Waals surface area contributed by atoms with Gasteiger partial charge in [-0.15, -0.1) is 0 Å². The Hall–Kier alpha value is -2.69. The van der Waals surface area contributed by atoms with E-state index in [4.69, 9.17) is 4.52 Å². The zero-order valence-electron chi connectivity index (χ0n) is 13.9. The number of hydrogen-bond donors (Lipinski definition) is 1. The van der Waals surface area contributed by atoms with Crippen molar-refractivity contribution in [2.75, 3.05) is 5.32 Å². The molecule has 1 heterocycles. The molecule has 0 radical (unpaired) electrons. The van der Waals surface area contributed by atoms with Gasteiger partial charge in [-0.1, -0.05) is 49.2 Å². The van der Waals surface area contributed by atoms with Gasteiger partial charge in [0.1, 0.15) is 11.4 Å². The summed E-state index contributed by atoms with van der Waals surface area (Å²) < 4.78 is 5.31. The highest BCUT2D eigenvalue weighted by molar-refractivity contribution is 6.50. The van der Waals surface area contributed by atoms with Gasteiger partial charge in [0.2, 0.25) is 11.6 Å². The van der Waals surface area contributed by atoms with Crippen LogP contribution in [0.3, 0.4) is 0 Å². The van der Waals surface area contributed by atoms with Crippen molar-refractivity contribution in [2.24, 2.45) is 0 Å². The fraction of sp³-hybridized carbons (Fsp3) is 0.316. The first-order valence-corrected chi connectivity index (χ1v) is 8.23. The zero-order chi connectivity index (χ0) is 17.1. The quantitative estimate of drug-likeness (QED) is 0.644. The minimum Gasteiger partial charge on any atom is -0.359 e. The topological polar surface area (TPSA) is 72.2 Å². The number of aryl methyl sites for hydroxylation is 2. The number of fused-ring (bicyclic) bond motifs is 1. The van der Waals surface area contributed by atoms with Crippen molar-refractivity contribution < 1.29 is 14.1 Å². The summed E-state index contributed by atoms with van der Waals surface area (Å²) in [5.41, 5.74) is 3.40. The van der Waals surface area contributed by atoms with Crippen LogP contribution in [0.4, 0.5) is 5.69 Å². The van der Waals surface area contributed by atoms with Crippen LogP contribution < -0.4 is 5.32 Å². The number of aromatic nitrogens is 1. The molecule has 0 spiro atoms. The molecule has 5 heteroatoms. The van der Waals surface area contributed by atoms with E-state index in [1.165, 1.54) is 6.08 Å². The molecule has 1 aliphatic rings. The molecule has 0 saturated carbocycles. The van der Waals surface area contributed by atoms with E-state index in [-0.39, 0.29) is 0 Å². The number of Topliss-reactive ketones (excluding diaryl/α,β-unsaturated/α-hetero) is 1. The monoisotopic (exact) mass is 324 g/mol. The summed E-state index contributed by atoms with van der Waals surface area (Å²) in [5.74, 6) is -0.316. The molecule has 1 aromatic heterocycles. The highest BCUT2D eigenvalue weighted by atomic mass is 16.5. The van der Waals surface area contributed by atoms with Gasteiger partial charge in [0, 0.05) is 17.2 Å². The molecule has 3 rings (SSSR count). The molecule has 24 heavy (non-hydrogen) atoms. The molecule has 0 aliphatic heterocycles. The number of nitrogens with zero attached hydrogens (tertiary/aromatic N) is 1. The van der Waals surface area contributed by atoms with Gasteiger partial charge in [0.15, 0.2) is 5.76 Å². The summed E-state index contributed by atoms with van der Waals surface area (Å²) in [7, 11) is 0. The molecule has 0 bridgehead atoms. The Morgan fingerprint density at radius 1 is 1.12 bits per heavy atom. The highest BCUT2D eigenvalue weighted by Gasteiger charge is 2.26. The number of nitrogens with one attached hydrogen (secondary N) is 1. The van der Waals surface area contributed by atoms with Gasteiger partial charge in [-0.3, -0.25) is 9.59 Å². The smallest absolute Gasteiger partial charge is 0.233 e. The van der Waals surface area contributed by atoms with E-state index in [0.717, 1.165) is 42.6 Å². The minimum atomic E-state index is -0.516. The second kappa shape index (κ2) is 6.83. The van der Waals surface area contributed by atoms with Crippen molar-refractivity contribution in [1.29, 1.82) is 0 Å². The van der Waals surface area contributed by atoms with E-state index in [1.54, 1.807) is 12.1 Å². The van der Waals surface area contributed by atoms with E-state index >= 15 is 0 Å². The van der Waals surface area contributed by atoms with E-state index in [1.807, 2.05) is 19.1 Å². The summed E-state index contributed by atoms with van der Waals surface area (Å²) in [5, 5.41) is 7.39. The van der Waals surface area contributed by atoms with Crippen molar-refractivity contribution in [2.45, 2.75) is 39.5 Å². The summed E-state index contributed by atoms with van der Waals surface area (Å²) in [6, 6.07) is 7.11. The first kappa shape index (κ1) is 16.2. The maximum absolute atomic E-state index is 12.0. The van der Waals surface area contributed by atoms with E-state index in [9.17, 15) is 9.59 Å². The number of benzene rings is 1. The molecule has 0 saturated heterocycles. The first-order chi connectivity index (χ1) is 11.6. The van der Waals surface area contributed by atoms with Gasteiger partial charge in [-0.25, -0.2) is 0 Å². The van der Waals surface area contributed by atoms with Crippen molar-refractivity contribution in [3.63, 3.8) is 0 Å². The fourth-order valence-corrected chi connectivity index (χ4v) is 2.85. The average Bonchev–Trinajstić information content (AvgIpc) is 2.93. The summed E-state index contributed by atoms with van der Waals surface area (Å²) in [6.45, 7) is 3.99. The van der Waals surface area contributed by atoms with Gasteiger partial charge in [0.05, 0.1) is 5.70 Å². The molecular formula is C19H20N2O3. The molecule has 1 N–H and O–H groups in total. The lowest BCUT2D eigenvalue weighted by Crippen LogP contribution is -2.21.